The van der Waals surface area contributed by atoms with Gasteiger partial charge >= 0.3 is 0 Å². The highest BCUT2D eigenvalue weighted by Crippen LogP contribution is 2.32. The van der Waals surface area contributed by atoms with Gasteiger partial charge in [0, 0.05) is 11.6 Å². The molecule has 0 saturated heterocycles. The first-order valence-corrected chi connectivity index (χ1v) is 8.71. The van der Waals surface area contributed by atoms with Gasteiger partial charge in [0.05, 0.1) is 6.61 Å². The van der Waals surface area contributed by atoms with E-state index in [4.69, 9.17) is 4.74 Å². The molecule has 0 radical (unpaired) electrons. The Hall–Kier alpha value is -1.02. The van der Waals surface area contributed by atoms with Gasteiger partial charge in [0.2, 0.25) is 0 Å². The quantitative estimate of drug-likeness (QED) is 0.594. The van der Waals surface area contributed by atoms with Crippen molar-refractivity contribution in [2.24, 2.45) is 5.92 Å². The third-order valence-corrected chi connectivity index (χ3v) is 4.16. The van der Waals surface area contributed by atoms with Crippen molar-refractivity contribution in [2.45, 2.75) is 65.8 Å². The molecule has 0 aromatic heterocycles. The van der Waals surface area contributed by atoms with Crippen LogP contribution in [-0.4, -0.2) is 13.2 Å². The molecule has 0 aliphatic heterocycles. The van der Waals surface area contributed by atoms with E-state index in [1.54, 1.807) is 0 Å². The van der Waals surface area contributed by atoms with Crippen LogP contribution in [0.2, 0.25) is 0 Å². The smallest absolute Gasteiger partial charge is 0.124 e. The Labute approximate surface area is 131 Å². The molecule has 1 aromatic rings. The Balaban J connectivity index is 2.84. The monoisotopic (exact) mass is 291 g/mol. The van der Waals surface area contributed by atoms with Crippen LogP contribution in [0.1, 0.15) is 71.4 Å². The molecular formula is C19H33NO. The van der Waals surface area contributed by atoms with Crippen LogP contribution in [-0.2, 0) is 0 Å². The van der Waals surface area contributed by atoms with E-state index in [9.17, 15) is 0 Å². The van der Waals surface area contributed by atoms with Gasteiger partial charge in [-0.15, -0.1) is 0 Å². The van der Waals surface area contributed by atoms with E-state index < -0.39 is 0 Å². The van der Waals surface area contributed by atoms with Crippen molar-refractivity contribution in [3.8, 4) is 5.75 Å². The second-order valence-electron chi connectivity index (χ2n) is 5.73. The number of unbranched alkanes of at least 4 members (excludes halogenated alkanes) is 1. The number of benzene rings is 1. The molecule has 0 aliphatic carbocycles. The van der Waals surface area contributed by atoms with Crippen molar-refractivity contribution in [2.75, 3.05) is 13.2 Å². The normalized spacial score (nSPS) is 13.9. The van der Waals surface area contributed by atoms with E-state index in [-0.39, 0.29) is 0 Å². The van der Waals surface area contributed by atoms with Gasteiger partial charge < -0.3 is 10.1 Å². The maximum absolute atomic E-state index is 5.82. The zero-order valence-corrected chi connectivity index (χ0v) is 14.3. The lowest BCUT2D eigenvalue weighted by Crippen LogP contribution is -2.24. The molecule has 1 aromatic carbocycles. The topological polar surface area (TPSA) is 21.3 Å². The van der Waals surface area contributed by atoms with E-state index >= 15 is 0 Å². The van der Waals surface area contributed by atoms with Crippen LogP contribution in [0.5, 0.6) is 5.75 Å². The summed E-state index contributed by atoms with van der Waals surface area (Å²) in [5, 5.41) is 3.66. The first-order chi connectivity index (χ1) is 10.3. The van der Waals surface area contributed by atoms with E-state index in [0.717, 1.165) is 24.8 Å². The largest absolute Gasteiger partial charge is 0.494 e. The molecule has 1 N–H and O–H groups in total. The minimum Gasteiger partial charge on any atom is -0.494 e. The zero-order valence-electron chi connectivity index (χ0n) is 14.3. The molecule has 0 amide bonds. The summed E-state index contributed by atoms with van der Waals surface area (Å²) in [6, 6.07) is 8.89. The van der Waals surface area contributed by atoms with Crippen LogP contribution in [0.3, 0.4) is 0 Å². The predicted molar refractivity (Wildman–Crippen MR) is 92.0 cm³/mol. The van der Waals surface area contributed by atoms with Crippen molar-refractivity contribution >= 4 is 0 Å². The van der Waals surface area contributed by atoms with E-state index in [1.807, 2.05) is 0 Å². The molecule has 0 aliphatic rings. The lowest BCUT2D eigenvalue weighted by molar-refractivity contribution is 0.317. The van der Waals surface area contributed by atoms with Gasteiger partial charge in [-0.2, -0.15) is 0 Å². The molecule has 2 heteroatoms. The molecule has 120 valence electrons. The molecule has 0 spiro atoms. The highest BCUT2D eigenvalue weighted by Gasteiger charge is 2.19. The number of para-hydroxylation sites is 1. The van der Waals surface area contributed by atoms with Gasteiger partial charge in [0.25, 0.3) is 0 Å². The number of rotatable bonds is 11. The molecule has 0 saturated carbocycles. The summed E-state index contributed by atoms with van der Waals surface area (Å²) in [6.45, 7) is 10.5. The van der Waals surface area contributed by atoms with Crippen molar-refractivity contribution < 1.29 is 4.74 Å². The Bertz CT molecular complexity index is 378. The second-order valence-corrected chi connectivity index (χ2v) is 5.73. The Morgan fingerprint density at radius 3 is 2.48 bits per heavy atom. The zero-order chi connectivity index (χ0) is 15.5. The summed E-state index contributed by atoms with van der Waals surface area (Å²) in [7, 11) is 0. The van der Waals surface area contributed by atoms with Gasteiger partial charge in [-0.05, 0) is 31.9 Å². The summed E-state index contributed by atoms with van der Waals surface area (Å²) in [4.78, 5) is 0. The molecule has 1 rings (SSSR count). The average molecular weight is 291 g/mol. The summed E-state index contributed by atoms with van der Waals surface area (Å²) >= 11 is 0. The van der Waals surface area contributed by atoms with E-state index in [2.05, 4.69) is 57.3 Å². The van der Waals surface area contributed by atoms with Crippen LogP contribution < -0.4 is 10.1 Å². The van der Waals surface area contributed by atoms with Crippen LogP contribution >= 0.6 is 0 Å². The van der Waals surface area contributed by atoms with Crippen LogP contribution in [0.4, 0.5) is 0 Å². The molecule has 21 heavy (non-hydrogen) atoms. The lowest BCUT2D eigenvalue weighted by Gasteiger charge is -2.25. The van der Waals surface area contributed by atoms with E-state index in [1.165, 1.54) is 37.7 Å². The maximum Gasteiger partial charge on any atom is 0.124 e. The predicted octanol–water partition coefficient (Wildman–Crippen LogP) is 5.34. The van der Waals surface area contributed by atoms with Crippen molar-refractivity contribution in [1.82, 2.24) is 5.32 Å². The summed E-state index contributed by atoms with van der Waals surface area (Å²) in [5.74, 6) is 1.83. The summed E-state index contributed by atoms with van der Waals surface area (Å²) in [5.41, 5.74) is 1.32. The molecule has 0 heterocycles. The highest BCUT2D eigenvalue weighted by atomic mass is 16.5. The lowest BCUT2D eigenvalue weighted by atomic mass is 9.89. The maximum atomic E-state index is 5.82. The summed E-state index contributed by atoms with van der Waals surface area (Å²) < 4.78 is 5.82. The standard InChI is InChI=1S/C19H33NO/c1-5-9-12-16(6-2)15-18(20-7-3)17-13-10-11-14-19(17)21-8-4/h10-11,13-14,16,18,20H,5-9,12,15H2,1-4H3. The van der Waals surface area contributed by atoms with Gasteiger partial charge in [-0.1, -0.05) is 64.7 Å². The molecule has 0 bridgehead atoms. The minimum atomic E-state index is 0.402. The molecule has 0 fully saturated rings. The number of nitrogens with one attached hydrogen (secondary N) is 1. The van der Waals surface area contributed by atoms with Crippen molar-refractivity contribution in [3.05, 3.63) is 29.8 Å². The Morgan fingerprint density at radius 1 is 1.10 bits per heavy atom. The minimum absolute atomic E-state index is 0.402. The van der Waals surface area contributed by atoms with Crippen LogP contribution in [0, 0.1) is 5.92 Å². The van der Waals surface area contributed by atoms with Gasteiger partial charge in [-0.3, -0.25) is 0 Å². The fourth-order valence-corrected chi connectivity index (χ4v) is 2.94. The second kappa shape index (κ2) is 10.7. The van der Waals surface area contributed by atoms with Crippen molar-refractivity contribution in [1.29, 1.82) is 0 Å². The first-order valence-electron chi connectivity index (χ1n) is 8.71. The third-order valence-electron chi connectivity index (χ3n) is 4.16. The fraction of sp³-hybridized carbons (Fsp3) is 0.684. The number of hydrogen-bond donors (Lipinski definition) is 1. The average Bonchev–Trinajstić information content (AvgIpc) is 2.51. The Kier molecular flexibility index (Phi) is 9.16. The van der Waals surface area contributed by atoms with Crippen molar-refractivity contribution in [3.63, 3.8) is 0 Å². The molecule has 2 nitrogen and oxygen atoms in total. The number of hydrogen-bond acceptors (Lipinski definition) is 2. The van der Waals surface area contributed by atoms with E-state index in [0.29, 0.717) is 6.04 Å². The molecule has 2 atom stereocenters. The molecular weight excluding hydrogens is 258 g/mol. The SMILES string of the molecule is CCCCC(CC)CC(NCC)c1ccccc1OCC. The Morgan fingerprint density at radius 2 is 1.86 bits per heavy atom. The van der Waals surface area contributed by atoms with Gasteiger partial charge in [0.1, 0.15) is 5.75 Å². The summed E-state index contributed by atoms with van der Waals surface area (Å²) in [6.07, 6.45) is 6.43. The first kappa shape index (κ1) is 18.0. The third kappa shape index (κ3) is 6.09. The van der Waals surface area contributed by atoms with Crippen LogP contribution in [0.15, 0.2) is 24.3 Å². The molecule has 2 unspecified atom stereocenters. The number of ether oxygens (including phenoxy) is 1. The van der Waals surface area contributed by atoms with Gasteiger partial charge in [-0.25, -0.2) is 0 Å². The highest BCUT2D eigenvalue weighted by molar-refractivity contribution is 5.36. The van der Waals surface area contributed by atoms with Gasteiger partial charge in [0.15, 0.2) is 0 Å². The fourth-order valence-electron chi connectivity index (χ4n) is 2.94. The van der Waals surface area contributed by atoms with Crippen LogP contribution in [0.25, 0.3) is 0 Å².